The van der Waals surface area contributed by atoms with Crippen molar-refractivity contribution in [3.05, 3.63) is 12.2 Å². The van der Waals surface area contributed by atoms with Crippen LogP contribution in [-0.2, 0) is 11.2 Å². The predicted octanol–water partition coefficient (Wildman–Crippen LogP) is 1.90. The highest BCUT2D eigenvalue weighted by molar-refractivity contribution is 5.67. The molecular formula is C11H19N3O2. The average Bonchev–Trinajstić information content (AvgIpc) is 2.48. The van der Waals surface area contributed by atoms with Crippen LogP contribution in [0, 0.1) is 5.41 Å². The van der Waals surface area contributed by atoms with Crippen molar-refractivity contribution >= 4 is 5.97 Å². The van der Waals surface area contributed by atoms with E-state index in [1.165, 1.54) is 0 Å². The highest BCUT2D eigenvalue weighted by Crippen LogP contribution is 2.25. The van der Waals surface area contributed by atoms with E-state index in [4.69, 9.17) is 5.11 Å². The molecule has 0 aliphatic heterocycles. The molecule has 0 saturated carbocycles. The minimum Gasteiger partial charge on any atom is -0.481 e. The Morgan fingerprint density at radius 2 is 2.19 bits per heavy atom. The summed E-state index contributed by atoms with van der Waals surface area (Å²) in [5.74, 6) is 0.0712. The van der Waals surface area contributed by atoms with Gasteiger partial charge in [0, 0.05) is 12.5 Å². The van der Waals surface area contributed by atoms with Crippen molar-refractivity contribution in [3.8, 4) is 0 Å². The lowest BCUT2D eigenvalue weighted by Gasteiger charge is -2.22. The Kier molecular flexibility index (Phi) is 3.67. The molecule has 5 heteroatoms. The fourth-order valence-corrected chi connectivity index (χ4v) is 1.72. The Morgan fingerprint density at radius 1 is 1.56 bits per heavy atom. The minimum absolute atomic E-state index is 0.137. The summed E-state index contributed by atoms with van der Waals surface area (Å²) in [6.07, 6.45) is 2.45. The molecule has 0 aromatic carbocycles. The van der Waals surface area contributed by atoms with E-state index in [0.717, 1.165) is 5.82 Å². The topological polar surface area (TPSA) is 68.0 Å². The number of nitrogens with zero attached hydrogens (tertiary/aromatic N) is 3. The van der Waals surface area contributed by atoms with Gasteiger partial charge in [-0.1, -0.05) is 13.8 Å². The van der Waals surface area contributed by atoms with Crippen LogP contribution in [0.2, 0.25) is 0 Å². The van der Waals surface area contributed by atoms with E-state index in [9.17, 15) is 4.79 Å². The molecule has 1 heterocycles. The van der Waals surface area contributed by atoms with E-state index in [1.807, 2.05) is 18.4 Å². The molecular weight excluding hydrogens is 206 g/mol. The van der Waals surface area contributed by atoms with Crippen molar-refractivity contribution in [1.82, 2.24) is 14.8 Å². The Bertz CT molecular complexity index is 369. The van der Waals surface area contributed by atoms with Crippen LogP contribution in [0.15, 0.2) is 6.33 Å². The molecule has 0 unspecified atom stereocenters. The number of carboxylic acids is 1. The summed E-state index contributed by atoms with van der Waals surface area (Å²) in [4.78, 5) is 10.7. The SMILES string of the molecule is CC(C)n1cnnc1CC(C)(C)CC(=O)O. The van der Waals surface area contributed by atoms with Crippen LogP contribution in [-0.4, -0.2) is 25.8 Å². The number of rotatable bonds is 5. The highest BCUT2D eigenvalue weighted by Gasteiger charge is 2.25. The molecule has 16 heavy (non-hydrogen) atoms. The zero-order chi connectivity index (χ0) is 12.3. The summed E-state index contributed by atoms with van der Waals surface area (Å²) in [5.41, 5.74) is -0.300. The first-order valence-corrected chi connectivity index (χ1v) is 5.42. The van der Waals surface area contributed by atoms with E-state index in [0.29, 0.717) is 12.5 Å². The lowest BCUT2D eigenvalue weighted by Crippen LogP contribution is -2.22. The summed E-state index contributed by atoms with van der Waals surface area (Å²) in [6, 6.07) is 0.297. The van der Waals surface area contributed by atoms with Crippen LogP contribution in [0.25, 0.3) is 0 Å². The number of aromatic nitrogens is 3. The molecule has 0 atom stereocenters. The number of carboxylic acid groups (broad SMARTS) is 1. The second-order valence-corrected chi connectivity index (χ2v) is 5.16. The third kappa shape index (κ3) is 3.32. The first-order valence-electron chi connectivity index (χ1n) is 5.42. The second kappa shape index (κ2) is 4.63. The fourth-order valence-electron chi connectivity index (χ4n) is 1.72. The first kappa shape index (κ1) is 12.7. The third-order valence-corrected chi connectivity index (χ3v) is 2.47. The summed E-state index contributed by atoms with van der Waals surface area (Å²) in [5, 5.41) is 16.7. The Labute approximate surface area is 95.5 Å². The zero-order valence-corrected chi connectivity index (χ0v) is 10.3. The van der Waals surface area contributed by atoms with Crippen molar-refractivity contribution in [2.24, 2.45) is 5.41 Å². The predicted molar refractivity (Wildman–Crippen MR) is 60.1 cm³/mol. The van der Waals surface area contributed by atoms with Crippen molar-refractivity contribution in [2.45, 2.75) is 46.6 Å². The largest absolute Gasteiger partial charge is 0.481 e. The highest BCUT2D eigenvalue weighted by atomic mass is 16.4. The van der Waals surface area contributed by atoms with E-state index in [-0.39, 0.29) is 11.8 Å². The van der Waals surface area contributed by atoms with Gasteiger partial charge in [0.25, 0.3) is 0 Å². The van der Waals surface area contributed by atoms with Crippen LogP contribution in [0.4, 0.5) is 0 Å². The molecule has 0 amide bonds. The molecule has 1 rings (SSSR count). The van der Waals surface area contributed by atoms with Gasteiger partial charge in [-0.3, -0.25) is 4.79 Å². The Balaban J connectivity index is 2.79. The molecule has 5 nitrogen and oxygen atoms in total. The quantitative estimate of drug-likeness (QED) is 0.831. The van der Waals surface area contributed by atoms with Gasteiger partial charge >= 0.3 is 5.97 Å². The third-order valence-electron chi connectivity index (χ3n) is 2.47. The van der Waals surface area contributed by atoms with E-state index < -0.39 is 5.97 Å². The summed E-state index contributed by atoms with van der Waals surface area (Å²) >= 11 is 0. The summed E-state index contributed by atoms with van der Waals surface area (Å²) in [6.45, 7) is 7.97. The van der Waals surface area contributed by atoms with Gasteiger partial charge in [-0.15, -0.1) is 10.2 Å². The van der Waals surface area contributed by atoms with Gasteiger partial charge in [-0.2, -0.15) is 0 Å². The maximum atomic E-state index is 10.7. The van der Waals surface area contributed by atoms with Gasteiger partial charge < -0.3 is 9.67 Å². The van der Waals surface area contributed by atoms with Crippen LogP contribution in [0.5, 0.6) is 0 Å². The lowest BCUT2D eigenvalue weighted by molar-refractivity contribution is -0.139. The maximum Gasteiger partial charge on any atom is 0.303 e. The van der Waals surface area contributed by atoms with Gasteiger partial charge in [0.15, 0.2) is 0 Å². The monoisotopic (exact) mass is 225 g/mol. The molecule has 0 spiro atoms. The van der Waals surface area contributed by atoms with Gasteiger partial charge in [0.1, 0.15) is 12.2 Å². The average molecular weight is 225 g/mol. The molecule has 0 saturated heterocycles. The molecule has 1 aromatic heterocycles. The molecule has 0 aliphatic rings. The van der Waals surface area contributed by atoms with Gasteiger partial charge in [-0.25, -0.2) is 0 Å². The van der Waals surface area contributed by atoms with Gasteiger partial charge in [0.2, 0.25) is 0 Å². The molecule has 0 bridgehead atoms. The van der Waals surface area contributed by atoms with Crippen molar-refractivity contribution < 1.29 is 9.90 Å². The summed E-state index contributed by atoms with van der Waals surface area (Å²) < 4.78 is 1.98. The number of hydrogen-bond donors (Lipinski definition) is 1. The number of aliphatic carboxylic acids is 1. The van der Waals surface area contributed by atoms with Crippen molar-refractivity contribution in [2.75, 3.05) is 0 Å². The standard InChI is InChI=1S/C11H19N3O2/c1-8(2)14-7-12-13-9(14)5-11(3,4)6-10(15)16/h7-8H,5-6H2,1-4H3,(H,15,16). The second-order valence-electron chi connectivity index (χ2n) is 5.16. The fraction of sp³-hybridized carbons (Fsp3) is 0.727. The van der Waals surface area contributed by atoms with Crippen LogP contribution in [0.1, 0.15) is 46.0 Å². The molecule has 0 fully saturated rings. The van der Waals surface area contributed by atoms with Crippen LogP contribution >= 0.6 is 0 Å². The van der Waals surface area contributed by atoms with E-state index in [1.54, 1.807) is 6.33 Å². The smallest absolute Gasteiger partial charge is 0.303 e. The molecule has 1 N–H and O–H groups in total. The Morgan fingerprint density at radius 3 is 2.69 bits per heavy atom. The van der Waals surface area contributed by atoms with Crippen molar-refractivity contribution in [3.63, 3.8) is 0 Å². The van der Waals surface area contributed by atoms with Gasteiger partial charge in [-0.05, 0) is 19.3 Å². The molecule has 90 valence electrons. The molecule has 1 aromatic rings. The normalized spacial score (nSPS) is 12.1. The van der Waals surface area contributed by atoms with E-state index in [2.05, 4.69) is 24.0 Å². The van der Waals surface area contributed by atoms with Crippen LogP contribution in [0.3, 0.4) is 0 Å². The van der Waals surface area contributed by atoms with Crippen molar-refractivity contribution in [1.29, 1.82) is 0 Å². The molecule has 0 aliphatic carbocycles. The number of hydrogen-bond acceptors (Lipinski definition) is 3. The zero-order valence-electron chi connectivity index (χ0n) is 10.3. The molecule has 0 radical (unpaired) electrons. The van der Waals surface area contributed by atoms with Gasteiger partial charge in [0.05, 0.1) is 6.42 Å². The Hall–Kier alpha value is -1.39. The van der Waals surface area contributed by atoms with Crippen LogP contribution < -0.4 is 0 Å². The number of carbonyl (C=O) groups is 1. The summed E-state index contributed by atoms with van der Waals surface area (Å²) in [7, 11) is 0. The minimum atomic E-state index is -0.777. The lowest BCUT2D eigenvalue weighted by atomic mass is 9.85. The first-order chi connectivity index (χ1) is 7.32. The maximum absolute atomic E-state index is 10.7. The van der Waals surface area contributed by atoms with E-state index >= 15 is 0 Å².